The van der Waals surface area contributed by atoms with Crippen LogP contribution in [-0.4, -0.2) is 61.8 Å². The molecular formula is C19H41IN4O. The highest BCUT2D eigenvalue weighted by atomic mass is 127. The number of hydrogen-bond donors (Lipinski definition) is 3. The van der Waals surface area contributed by atoms with Gasteiger partial charge in [-0.2, -0.15) is 0 Å². The minimum Gasteiger partial charge on any atom is -0.396 e. The fourth-order valence-electron chi connectivity index (χ4n) is 3.52. The molecule has 0 aromatic carbocycles. The Kier molecular flexibility index (Phi) is 15.0. The van der Waals surface area contributed by atoms with Crippen molar-refractivity contribution in [3.63, 3.8) is 0 Å². The van der Waals surface area contributed by atoms with Crippen molar-refractivity contribution in [2.24, 2.45) is 22.7 Å². The third-order valence-corrected chi connectivity index (χ3v) is 4.66. The molecule has 3 N–H and O–H groups in total. The number of piperidine rings is 1. The van der Waals surface area contributed by atoms with Crippen molar-refractivity contribution < 1.29 is 5.11 Å². The Bertz CT molecular complexity index is 352. The van der Waals surface area contributed by atoms with E-state index >= 15 is 0 Å². The molecule has 1 aliphatic heterocycles. The number of aliphatic hydroxyl groups excluding tert-OH is 1. The Hall–Kier alpha value is -0.0800. The van der Waals surface area contributed by atoms with Crippen LogP contribution >= 0.6 is 24.0 Å². The minimum absolute atomic E-state index is 0. The summed E-state index contributed by atoms with van der Waals surface area (Å²) in [5.74, 6) is 2.85. The maximum absolute atomic E-state index is 9.24. The van der Waals surface area contributed by atoms with E-state index < -0.39 is 0 Å². The zero-order chi connectivity index (χ0) is 17.8. The molecule has 0 aromatic rings. The first-order valence-electron chi connectivity index (χ1n) is 9.90. The molecule has 1 aliphatic rings. The molecule has 1 rings (SSSR count). The van der Waals surface area contributed by atoms with Crippen molar-refractivity contribution in [2.45, 2.75) is 53.4 Å². The third kappa shape index (κ3) is 12.0. The molecule has 0 radical (unpaired) electrons. The van der Waals surface area contributed by atoms with E-state index in [2.05, 4.69) is 43.2 Å². The van der Waals surface area contributed by atoms with Gasteiger partial charge in [0, 0.05) is 39.3 Å². The van der Waals surface area contributed by atoms with Crippen LogP contribution < -0.4 is 10.6 Å². The first-order valence-corrected chi connectivity index (χ1v) is 9.90. The van der Waals surface area contributed by atoms with E-state index in [9.17, 15) is 5.11 Å². The SMILES string of the molecule is CCNC(=NCC(CCO)CC(C)C)NCCN1CCCC(C)C1.I. The first-order chi connectivity index (χ1) is 11.5. The van der Waals surface area contributed by atoms with Gasteiger partial charge < -0.3 is 20.6 Å². The molecule has 0 aliphatic carbocycles. The van der Waals surface area contributed by atoms with Crippen LogP contribution in [0.25, 0.3) is 0 Å². The lowest BCUT2D eigenvalue weighted by molar-refractivity contribution is 0.187. The van der Waals surface area contributed by atoms with Crippen molar-refractivity contribution >= 4 is 29.9 Å². The summed E-state index contributed by atoms with van der Waals surface area (Å²) in [6, 6.07) is 0. The highest BCUT2D eigenvalue weighted by Crippen LogP contribution is 2.16. The number of rotatable bonds is 10. The molecule has 1 heterocycles. The van der Waals surface area contributed by atoms with Crippen LogP contribution in [0.1, 0.15) is 53.4 Å². The smallest absolute Gasteiger partial charge is 0.191 e. The van der Waals surface area contributed by atoms with E-state index in [4.69, 9.17) is 4.99 Å². The zero-order valence-corrected chi connectivity index (χ0v) is 19.1. The molecule has 0 saturated carbocycles. The van der Waals surface area contributed by atoms with Gasteiger partial charge in [0.2, 0.25) is 0 Å². The lowest BCUT2D eigenvalue weighted by atomic mass is 9.94. The lowest BCUT2D eigenvalue weighted by Crippen LogP contribution is -2.44. The van der Waals surface area contributed by atoms with Crippen LogP contribution in [0, 0.1) is 17.8 Å². The third-order valence-electron chi connectivity index (χ3n) is 4.66. The number of likely N-dealkylation sites (tertiary alicyclic amines) is 1. The summed E-state index contributed by atoms with van der Waals surface area (Å²) in [7, 11) is 0. The van der Waals surface area contributed by atoms with Crippen molar-refractivity contribution in [1.29, 1.82) is 0 Å². The molecule has 0 spiro atoms. The van der Waals surface area contributed by atoms with Gasteiger partial charge in [-0.05, 0) is 56.9 Å². The quantitative estimate of drug-likeness (QED) is 0.262. The van der Waals surface area contributed by atoms with Gasteiger partial charge in [-0.15, -0.1) is 24.0 Å². The molecule has 5 nitrogen and oxygen atoms in total. The average Bonchev–Trinajstić information content (AvgIpc) is 2.52. The van der Waals surface area contributed by atoms with Crippen LogP contribution in [0.5, 0.6) is 0 Å². The summed E-state index contributed by atoms with van der Waals surface area (Å²) < 4.78 is 0. The largest absolute Gasteiger partial charge is 0.396 e. The van der Waals surface area contributed by atoms with Crippen molar-refractivity contribution in [3.8, 4) is 0 Å². The normalized spacial score (nSPS) is 20.2. The van der Waals surface area contributed by atoms with E-state index in [0.29, 0.717) is 11.8 Å². The Morgan fingerprint density at radius 1 is 1.32 bits per heavy atom. The van der Waals surface area contributed by atoms with Crippen LogP contribution in [-0.2, 0) is 0 Å². The molecule has 0 amide bonds. The molecule has 2 atom stereocenters. The summed E-state index contributed by atoms with van der Waals surface area (Å²) in [5.41, 5.74) is 0. The van der Waals surface area contributed by atoms with Crippen molar-refractivity contribution in [3.05, 3.63) is 0 Å². The van der Waals surface area contributed by atoms with E-state index in [1.165, 1.54) is 25.9 Å². The van der Waals surface area contributed by atoms with E-state index in [1.54, 1.807) is 0 Å². The number of halogens is 1. The topological polar surface area (TPSA) is 59.9 Å². The Morgan fingerprint density at radius 2 is 2.08 bits per heavy atom. The number of aliphatic imine (C=N–C) groups is 1. The van der Waals surface area contributed by atoms with Gasteiger partial charge in [-0.1, -0.05) is 20.8 Å². The molecule has 150 valence electrons. The number of hydrogen-bond acceptors (Lipinski definition) is 3. The Labute approximate surface area is 172 Å². The summed E-state index contributed by atoms with van der Waals surface area (Å²) >= 11 is 0. The molecule has 6 heteroatoms. The lowest BCUT2D eigenvalue weighted by Gasteiger charge is -2.30. The van der Waals surface area contributed by atoms with Gasteiger partial charge in [0.25, 0.3) is 0 Å². The molecular weight excluding hydrogens is 427 g/mol. The predicted molar refractivity (Wildman–Crippen MR) is 119 cm³/mol. The second-order valence-corrected chi connectivity index (χ2v) is 7.70. The standard InChI is InChI=1S/C19H40N4O.HI/c1-5-20-19(22-14-18(8-12-24)13-16(2)3)21-9-11-23-10-6-7-17(4)15-23;/h16-18,24H,5-15H2,1-4H3,(H2,20,21,22);1H. The number of guanidine groups is 1. The van der Waals surface area contributed by atoms with Crippen LogP contribution in [0.2, 0.25) is 0 Å². The fourth-order valence-corrected chi connectivity index (χ4v) is 3.52. The predicted octanol–water partition coefficient (Wildman–Crippen LogP) is 2.94. The minimum atomic E-state index is 0. The van der Waals surface area contributed by atoms with Gasteiger partial charge in [-0.25, -0.2) is 0 Å². The van der Waals surface area contributed by atoms with Crippen molar-refractivity contribution in [1.82, 2.24) is 15.5 Å². The van der Waals surface area contributed by atoms with Crippen LogP contribution in [0.15, 0.2) is 4.99 Å². The number of nitrogens with zero attached hydrogens (tertiary/aromatic N) is 2. The number of nitrogens with one attached hydrogen (secondary N) is 2. The van der Waals surface area contributed by atoms with E-state index in [-0.39, 0.29) is 30.6 Å². The summed E-state index contributed by atoms with van der Waals surface area (Å²) in [4.78, 5) is 7.30. The summed E-state index contributed by atoms with van der Waals surface area (Å²) in [5, 5.41) is 16.0. The van der Waals surface area contributed by atoms with Gasteiger partial charge >= 0.3 is 0 Å². The average molecular weight is 468 g/mol. The van der Waals surface area contributed by atoms with Gasteiger partial charge in [-0.3, -0.25) is 4.99 Å². The van der Waals surface area contributed by atoms with Gasteiger partial charge in [0.1, 0.15) is 0 Å². The highest BCUT2D eigenvalue weighted by molar-refractivity contribution is 14.0. The second-order valence-electron chi connectivity index (χ2n) is 7.70. The molecule has 0 aromatic heterocycles. The molecule has 1 fully saturated rings. The Morgan fingerprint density at radius 3 is 2.68 bits per heavy atom. The van der Waals surface area contributed by atoms with Crippen LogP contribution in [0.4, 0.5) is 0 Å². The highest BCUT2D eigenvalue weighted by Gasteiger charge is 2.15. The maximum Gasteiger partial charge on any atom is 0.191 e. The van der Waals surface area contributed by atoms with Crippen LogP contribution in [0.3, 0.4) is 0 Å². The van der Waals surface area contributed by atoms with Crippen molar-refractivity contribution in [2.75, 3.05) is 45.9 Å². The maximum atomic E-state index is 9.24. The summed E-state index contributed by atoms with van der Waals surface area (Å²) in [6.45, 7) is 15.3. The summed E-state index contributed by atoms with van der Waals surface area (Å²) in [6.07, 6.45) is 4.66. The zero-order valence-electron chi connectivity index (χ0n) is 16.8. The van der Waals surface area contributed by atoms with E-state index in [0.717, 1.165) is 50.9 Å². The number of aliphatic hydroxyl groups is 1. The molecule has 25 heavy (non-hydrogen) atoms. The fraction of sp³-hybridized carbons (Fsp3) is 0.947. The van der Waals surface area contributed by atoms with Gasteiger partial charge in [0.15, 0.2) is 5.96 Å². The second kappa shape index (κ2) is 15.0. The van der Waals surface area contributed by atoms with Gasteiger partial charge in [0.05, 0.1) is 0 Å². The van der Waals surface area contributed by atoms with E-state index in [1.807, 2.05) is 0 Å². The molecule has 1 saturated heterocycles. The monoisotopic (exact) mass is 468 g/mol. The molecule has 2 unspecified atom stereocenters. The Balaban J connectivity index is 0.00000576. The molecule has 0 bridgehead atoms. The first kappa shape index (κ1) is 24.9.